The molecule has 5 nitrogen and oxygen atoms in total. The summed E-state index contributed by atoms with van der Waals surface area (Å²) in [6, 6.07) is 0. The Balaban J connectivity index is 1.50. The molecule has 4 fully saturated rings. The maximum absolute atomic E-state index is 11.6. The van der Waals surface area contributed by atoms with E-state index < -0.39 is 10.1 Å². The average Bonchev–Trinajstić information content (AvgIpc) is 3.07. The highest BCUT2D eigenvalue weighted by Gasteiger charge is 2.59. The van der Waals surface area contributed by atoms with Gasteiger partial charge in [0, 0.05) is 12.5 Å². The van der Waals surface area contributed by atoms with Crippen molar-refractivity contribution in [1.29, 1.82) is 0 Å². The van der Waals surface area contributed by atoms with E-state index in [1.807, 2.05) is 0 Å². The molecule has 0 amide bonds. The van der Waals surface area contributed by atoms with Gasteiger partial charge in [-0.25, -0.2) is 0 Å². The van der Waals surface area contributed by atoms with E-state index in [1.54, 1.807) is 0 Å². The van der Waals surface area contributed by atoms with Crippen LogP contribution in [-0.4, -0.2) is 39.8 Å². The summed E-state index contributed by atoms with van der Waals surface area (Å²) in [5.74, 6) is 2.15. The Hall–Kier alpha value is -0.170. The van der Waals surface area contributed by atoms with Crippen molar-refractivity contribution in [2.45, 2.75) is 63.4 Å². The number of hydrogen-bond donors (Lipinski definition) is 0. The van der Waals surface area contributed by atoms with Gasteiger partial charge in [-0.15, -0.1) is 0 Å². The zero-order valence-electron chi connectivity index (χ0n) is 13.1. The molecule has 0 bridgehead atoms. The predicted molar refractivity (Wildman–Crippen MR) is 80.6 cm³/mol. The van der Waals surface area contributed by atoms with Crippen molar-refractivity contribution < 1.29 is 22.1 Å². The smallest absolute Gasteiger partial charge is 0.264 e. The van der Waals surface area contributed by atoms with Crippen LogP contribution in [0.15, 0.2) is 0 Å². The van der Waals surface area contributed by atoms with Crippen molar-refractivity contribution in [2.75, 3.05) is 12.9 Å². The normalized spacial score (nSPS) is 47.8. The van der Waals surface area contributed by atoms with Gasteiger partial charge in [0.25, 0.3) is 10.1 Å². The van der Waals surface area contributed by atoms with E-state index in [1.165, 1.54) is 12.8 Å². The van der Waals surface area contributed by atoms with Crippen LogP contribution in [0.2, 0.25) is 0 Å². The molecule has 126 valence electrons. The van der Waals surface area contributed by atoms with Gasteiger partial charge in [-0.1, -0.05) is 0 Å². The van der Waals surface area contributed by atoms with Gasteiger partial charge in [0.1, 0.15) is 0 Å². The summed E-state index contributed by atoms with van der Waals surface area (Å²) < 4.78 is 40.6. The van der Waals surface area contributed by atoms with Crippen LogP contribution in [-0.2, 0) is 23.8 Å². The minimum absolute atomic E-state index is 0.101. The van der Waals surface area contributed by atoms with Gasteiger partial charge < -0.3 is 9.47 Å². The SMILES string of the molecule is CS(=O)(=O)O[C@@H]1C[C@@H]2CC[C@@H]3C[C@H](O[C@@H]4CCCCO4)[C@@H]1[C@@H]32. The molecule has 7 atom stereocenters. The summed E-state index contributed by atoms with van der Waals surface area (Å²) in [5.41, 5.74) is 0. The largest absolute Gasteiger partial charge is 0.353 e. The summed E-state index contributed by atoms with van der Waals surface area (Å²) in [6.45, 7) is 0.779. The second kappa shape index (κ2) is 5.72. The molecule has 0 radical (unpaired) electrons. The molecule has 0 aromatic rings. The Kier molecular flexibility index (Phi) is 4.00. The highest BCUT2D eigenvalue weighted by molar-refractivity contribution is 7.86. The summed E-state index contributed by atoms with van der Waals surface area (Å²) in [5, 5.41) is 0. The molecule has 0 aromatic carbocycles. The van der Waals surface area contributed by atoms with E-state index in [2.05, 4.69) is 0 Å². The van der Waals surface area contributed by atoms with Crippen molar-refractivity contribution in [3.8, 4) is 0 Å². The summed E-state index contributed by atoms with van der Waals surface area (Å²) in [4.78, 5) is 0. The Labute approximate surface area is 132 Å². The van der Waals surface area contributed by atoms with E-state index in [-0.39, 0.29) is 24.4 Å². The molecule has 4 rings (SSSR count). The molecule has 3 aliphatic carbocycles. The molecular weight excluding hydrogens is 304 g/mol. The van der Waals surface area contributed by atoms with Gasteiger partial charge in [-0.3, -0.25) is 4.18 Å². The van der Waals surface area contributed by atoms with Crippen molar-refractivity contribution in [3.05, 3.63) is 0 Å². The van der Waals surface area contributed by atoms with Gasteiger partial charge >= 0.3 is 0 Å². The van der Waals surface area contributed by atoms with E-state index >= 15 is 0 Å². The van der Waals surface area contributed by atoms with Crippen LogP contribution in [0.4, 0.5) is 0 Å². The fraction of sp³-hybridized carbons (Fsp3) is 1.00. The van der Waals surface area contributed by atoms with Crippen LogP contribution in [0, 0.1) is 23.7 Å². The summed E-state index contributed by atoms with van der Waals surface area (Å²) >= 11 is 0. The molecule has 0 spiro atoms. The first-order valence-electron chi connectivity index (χ1n) is 8.66. The Bertz CT molecular complexity index is 513. The summed E-state index contributed by atoms with van der Waals surface area (Å²) in [6.07, 6.45) is 8.62. The molecule has 1 saturated heterocycles. The fourth-order valence-corrected chi connectivity index (χ4v) is 6.17. The molecule has 22 heavy (non-hydrogen) atoms. The lowest BCUT2D eigenvalue weighted by molar-refractivity contribution is -0.199. The first-order chi connectivity index (χ1) is 10.5. The zero-order valence-corrected chi connectivity index (χ0v) is 14.0. The molecule has 3 saturated carbocycles. The molecule has 0 aromatic heterocycles. The Morgan fingerprint density at radius 1 is 0.955 bits per heavy atom. The lowest BCUT2D eigenvalue weighted by Gasteiger charge is -2.30. The lowest BCUT2D eigenvalue weighted by atomic mass is 9.92. The van der Waals surface area contributed by atoms with Gasteiger partial charge in [0.2, 0.25) is 0 Å². The van der Waals surface area contributed by atoms with Crippen LogP contribution in [0.3, 0.4) is 0 Å². The lowest BCUT2D eigenvalue weighted by Crippen LogP contribution is -2.36. The molecule has 1 heterocycles. The van der Waals surface area contributed by atoms with Crippen LogP contribution in [0.25, 0.3) is 0 Å². The monoisotopic (exact) mass is 330 g/mol. The fourth-order valence-electron chi connectivity index (χ4n) is 5.51. The minimum Gasteiger partial charge on any atom is -0.353 e. The average molecular weight is 330 g/mol. The molecule has 0 N–H and O–H groups in total. The molecular formula is C16H26O5S. The third-order valence-electron chi connectivity index (χ3n) is 6.13. The standard InChI is InChI=1S/C16H26O5S/c1-22(17,18)21-13-9-11-6-5-10-8-12(16(13)15(10)11)20-14-4-2-3-7-19-14/h10-16H,2-9H2,1H3/t10-,11+,12+,13-,14-,15+,16+/m1/s1. The quantitative estimate of drug-likeness (QED) is 0.740. The van der Waals surface area contributed by atoms with Crippen molar-refractivity contribution in [3.63, 3.8) is 0 Å². The third-order valence-corrected chi connectivity index (χ3v) is 6.73. The number of rotatable bonds is 4. The van der Waals surface area contributed by atoms with Gasteiger partial charge in [-0.05, 0) is 62.7 Å². The first-order valence-corrected chi connectivity index (χ1v) is 10.5. The van der Waals surface area contributed by atoms with Crippen molar-refractivity contribution in [2.24, 2.45) is 23.7 Å². The van der Waals surface area contributed by atoms with E-state index in [9.17, 15) is 8.42 Å². The van der Waals surface area contributed by atoms with Crippen LogP contribution >= 0.6 is 0 Å². The second-order valence-electron chi connectivity index (χ2n) is 7.53. The third kappa shape index (κ3) is 2.83. The predicted octanol–water partition coefficient (Wildman–Crippen LogP) is 2.31. The molecule has 6 heteroatoms. The first kappa shape index (κ1) is 15.4. The molecule has 0 unspecified atom stereocenters. The molecule has 4 aliphatic rings. The maximum Gasteiger partial charge on any atom is 0.264 e. The van der Waals surface area contributed by atoms with Crippen molar-refractivity contribution >= 4 is 10.1 Å². The number of ether oxygens (including phenoxy) is 2. The Morgan fingerprint density at radius 2 is 1.68 bits per heavy atom. The maximum atomic E-state index is 11.6. The summed E-state index contributed by atoms with van der Waals surface area (Å²) in [7, 11) is -3.41. The van der Waals surface area contributed by atoms with Gasteiger partial charge in [0.15, 0.2) is 6.29 Å². The van der Waals surface area contributed by atoms with Crippen LogP contribution in [0.5, 0.6) is 0 Å². The zero-order chi connectivity index (χ0) is 15.3. The van der Waals surface area contributed by atoms with E-state index in [0.717, 1.165) is 45.0 Å². The minimum atomic E-state index is -3.41. The number of hydrogen-bond acceptors (Lipinski definition) is 5. The van der Waals surface area contributed by atoms with E-state index in [0.29, 0.717) is 17.8 Å². The van der Waals surface area contributed by atoms with Gasteiger partial charge in [-0.2, -0.15) is 8.42 Å². The van der Waals surface area contributed by atoms with Gasteiger partial charge in [0.05, 0.1) is 18.5 Å². The van der Waals surface area contributed by atoms with Crippen LogP contribution < -0.4 is 0 Å². The van der Waals surface area contributed by atoms with Crippen molar-refractivity contribution in [1.82, 2.24) is 0 Å². The molecule has 1 aliphatic heterocycles. The van der Waals surface area contributed by atoms with Crippen LogP contribution in [0.1, 0.15) is 44.9 Å². The second-order valence-corrected chi connectivity index (χ2v) is 9.13. The Morgan fingerprint density at radius 3 is 2.32 bits per heavy atom. The highest BCUT2D eigenvalue weighted by atomic mass is 32.2. The topological polar surface area (TPSA) is 61.8 Å². The van der Waals surface area contributed by atoms with E-state index in [4.69, 9.17) is 13.7 Å². The highest BCUT2D eigenvalue weighted by Crippen LogP contribution is 2.60.